The summed E-state index contributed by atoms with van der Waals surface area (Å²) in [5.74, 6) is 0.314. The molecule has 5 heteroatoms. The van der Waals surface area contributed by atoms with Crippen molar-refractivity contribution in [3.8, 4) is 0 Å². The average Bonchev–Trinajstić information content (AvgIpc) is 2.85. The van der Waals surface area contributed by atoms with Crippen LogP contribution in [0.25, 0.3) is 0 Å². The van der Waals surface area contributed by atoms with Crippen molar-refractivity contribution in [1.29, 1.82) is 0 Å². The monoisotopic (exact) mass is 286 g/mol. The largest absolute Gasteiger partial charge is 0.348 e. The first-order valence-electron chi connectivity index (χ1n) is 6.21. The van der Waals surface area contributed by atoms with Crippen molar-refractivity contribution >= 4 is 29.1 Å². The number of nitrogens with one attached hydrogen (secondary N) is 1. The molecule has 0 aromatic carbocycles. The molecule has 1 amide bonds. The van der Waals surface area contributed by atoms with Crippen LogP contribution in [0.15, 0.2) is 12.1 Å². The topological polar surface area (TPSA) is 42.0 Å². The van der Waals surface area contributed by atoms with Crippen LogP contribution >= 0.6 is 23.2 Å². The summed E-state index contributed by atoms with van der Waals surface area (Å²) in [4.78, 5) is 16.0. The van der Waals surface area contributed by atoms with E-state index in [1.807, 2.05) is 6.92 Å². The molecule has 18 heavy (non-hydrogen) atoms. The highest BCUT2D eigenvalue weighted by molar-refractivity contribution is 6.34. The molecule has 1 aromatic heterocycles. The van der Waals surface area contributed by atoms with Gasteiger partial charge in [0.2, 0.25) is 0 Å². The van der Waals surface area contributed by atoms with Crippen LogP contribution in [0, 0.1) is 5.92 Å². The lowest BCUT2D eigenvalue weighted by Gasteiger charge is -2.20. The Kier molecular flexibility index (Phi) is 4.46. The van der Waals surface area contributed by atoms with Gasteiger partial charge in [0.25, 0.3) is 5.91 Å². The van der Waals surface area contributed by atoms with E-state index in [-0.39, 0.29) is 22.8 Å². The smallest absolute Gasteiger partial charge is 0.271 e. The number of carbonyl (C=O) groups is 1. The molecule has 1 heterocycles. The Hall–Kier alpha value is -0.800. The van der Waals surface area contributed by atoms with Crippen LogP contribution in [0.5, 0.6) is 0 Å². The number of nitrogens with zero attached hydrogens (tertiary/aromatic N) is 1. The van der Waals surface area contributed by atoms with Crippen LogP contribution in [0.3, 0.4) is 0 Å². The first kappa shape index (κ1) is 13.6. The molecule has 1 aliphatic carbocycles. The molecule has 98 valence electrons. The molecule has 1 unspecified atom stereocenters. The van der Waals surface area contributed by atoms with E-state index in [4.69, 9.17) is 23.2 Å². The summed E-state index contributed by atoms with van der Waals surface area (Å²) in [5.41, 5.74) is 0.203. The Morgan fingerprint density at radius 2 is 2.06 bits per heavy atom. The maximum Gasteiger partial charge on any atom is 0.271 e. The molecular weight excluding hydrogens is 271 g/mol. The Morgan fingerprint density at radius 3 is 2.72 bits per heavy atom. The van der Waals surface area contributed by atoms with Gasteiger partial charge in [-0.3, -0.25) is 4.79 Å². The predicted molar refractivity (Wildman–Crippen MR) is 73.1 cm³/mol. The third kappa shape index (κ3) is 3.15. The quantitative estimate of drug-likeness (QED) is 0.861. The van der Waals surface area contributed by atoms with E-state index in [1.54, 1.807) is 12.1 Å². The third-order valence-corrected chi connectivity index (χ3v) is 4.01. The number of hydrogen-bond donors (Lipinski definition) is 1. The molecule has 0 aliphatic heterocycles. The first-order chi connectivity index (χ1) is 8.58. The van der Waals surface area contributed by atoms with Gasteiger partial charge in [0, 0.05) is 6.04 Å². The van der Waals surface area contributed by atoms with Gasteiger partial charge in [0.1, 0.15) is 10.8 Å². The predicted octanol–water partition coefficient (Wildman–Crippen LogP) is 3.70. The lowest BCUT2D eigenvalue weighted by molar-refractivity contribution is 0.0922. The first-order valence-corrected chi connectivity index (χ1v) is 6.96. The van der Waals surface area contributed by atoms with Gasteiger partial charge in [-0.25, -0.2) is 4.98 Å². The highest BCUT2D eigenvalue weighted by Crippen LogP contribution is 2.27. The molecule has 1 N–H and O–H groups in total. The van der Waals surface area contributed by atoms with Crippen LogP contribution in [0.4, 0.5) is 0 Å². The van der Waals surface area contributed by atoms with E-state index >= 15 is 0 Å². The Morgan fingerprint density at radius 1 is 1.39 bits per heavy atom. The van der Waals surface area contributed by atoms with Gasteiger partial charge in [0.15, 0.2) is 0 Å². The zero-order valence-electron chi connectivity index (χ0n) is 10.2. The number of carbonyl (C=O) groups excluding carboxylic acids is 1. The molecule has 1 fully saturated rings. The second kappa shape index (κ2) is 5.89. The van der Waals surface area contributed by atoms with Gasteiger partial charge >= 0.3 is 0 Å². The SMILES string of the molecule is CC(NC(=O)c1nc(Cl)ccc1Cl)C1CCCC1. The summed E-state index contributed by atoms with van der Waals surface area (Å²) in [7, 11) is 0. The molecule has 1 aromatic rings. The molecule has 1 atom stereocenters. The fourth-order valence-electron chi connectivity index (χ4n) is 2.43. The van der Waals surface area contributed by atoms with Gasteiger partial charge < -0.3 is 5.32 Å². The third-order valence-electron chi connectivity index (χ3n) is 3.49. The number of rotatable bonds is 3. The highest BCUT2D eigenvalue weighted by atomic mass is 35.5. The van der Waals surface area contributed by atoms with Gasteiger partial charge in [-0.15, -0.1) is 0 Å². The van der Waals surface area contributed by atoms with E-state index in [0.717, 1.165) is 0 Å². The zero-order chi connectivity index (χ0) is 13.1. The van der Waals surface area contributed by atoms with Crippen molar-refractivity contribution in [2.45, 2.75) is 38.6 Å². The number of amides is 1. The van der Waals surface area contributed by atoms with Crippen molar-refractivity contribution in [3.05, 3.63) is 28.0 Å². The minimum Gasteiger partial charge on any atom is -0.348 e. The summed E-state index contributed by atoms with van der Waals surface area (Å²) in [5, 5.41) is 3.57. The Bertz CT molecular complexity index is 445. The number of pyridine rings is 1. The van der Waals surface area contributed by atoms with Crippen molar-refractivity contribution in [3.63, 3.8) is 0 Å². The van der Waals surface area contributed by atoms with Crippen LogP contribution in [0.2, 0.25) is 10.2 Å². The molecule has 1 saturated carbocycles. The lowest BCUT2D eigenvalue weighted by Crippen LogP contribution is -2.37. The van der Waals surface area contributed by atoms with Crippen molar-refractivity contribution in [2.75, 3.05) is 0 Å². The Balaban J connectivity index is 2.04. The number of aromatic nitrogens is 1. The fourth-order valence-corrected chi connectivity index (χ4v) is 2.77. The van der Waals surface area contributed by atoms with Gasteiger partial charge in [-0.2, -0.15) is 0 Å². The summed E-state index contributed by atoms with van der Waals surface area (Å²) in [6.07, 6.45) is 4.86. The summed E-state index contributed by atoms with van der Waals surface area (Å²) in [6.45, 7) is 2.03. The maximum atomic E-state index is 12.1. The van der Waals surface area contributed by atoms with Crippen molar-refractivity contribution in [1.82, 2.24) is 10.3 Å². The van der Waals surface area contributed by atoms with Gasteiger partial charge in [-0.1, -0.05) is 36.0 Å². The van der Waals surface area contributed by atoms with E-state index in [2.05, 4.69) is 10.3 Å². The molecule has 0 saturated heterocycles. The Labute approximate surface area is 117 Å². The second-order valence-corrected chi connectivity index (χ2v) is 5.57. The minimum atomic E-state index is -0.248. The van der Waals surface area contributed by atoms with E-state index in [1.165, 1.54) is 25.7 Å². The normalized spacial score (nSPS) is 17.7. The van der Waals surface area contributed by atoms with E-state index in [9.17, 15) is 4.79 Å². The maximum absolute atomic E-state index is 12.1. The van der Waals surface area contributed by atoms with Crippen LogP contribution < -0.4 is 5.32 Å². The lowest BCUT2D eigenvalue weighted by atomic mass is 10.00. The highest BCUT2D eigenvalue weighted by Gasteiger charge is 2.24. The summed E-state index contributed by atoms with van der Waals surface area (Å²) >= 11 is 11.7. The molecule has 2 rings (SSSR count). The van der Waals surface area contributed by atoms with Crippen LogP contribution in [-0.2, 0) is 0 Å². The molecule has 0 spiro atoms. The van der Waals surface area contributed by atoms with Crippen LogP contribution in [-0.4, -0.2) is 16.9 Å². The second-order valence-electron chi connectivity index (χ2n) is 4.77. The summed E-state index contributed by atoms with van der Waals surface area (Å²) < 4.78 is 0. The van der Waals surface area contributed by atoms with Gasteiger partial charge in [0.05, 0.1) is 5.02 Å². The number of halogens is 2. The zero-order valence-corrected chi connectivity index (χ0v) is 11.8. The van der Waals surface area contributed by atoms with Crippen LogP contribution in [0.1, 0.15) is 43.1 Å². The molecule has 3 nitrogen and oxygen atoms in total. The van der Waals surface area contributed by atoms with Crippen molar-refractivity contribution < 1.29 is 4.79 Å². The van der Waals surface area contributed by atoms with E-state index < -0.39 is 0 Å². The van der Waals surface area contributed by atoms with Crippen molar-refractivity contribution in [2.24, 2.45) is 5.92 Å². The minimum absolute atomic E-state index is 0.150. The standard InChI is InChI=1S/C13H16Cl2N2O/c1-8(9-4-2-3-5-9)16-13(18)12-10(14)6-7-11(15)17-12/h6-9H,2-5H2,1H3,(H,16,18). The molecule has 1 aliphatic rings. The molecule has 0 radical (unpaired) electrons. The fraction of sp³-hybridized carbons (Fsp3) is 0.538. The van der Waals surface area contributed by atoms with E-state index in [0.29, 0.717) is 10.9 Å². The molecular formula is C13H16Cl2N2O. The van der Waals surface area contributed by atoms with Gasteiger partial charge in [-0.05, 0) is 37.8 Å². The molecule has 0 bridgehead atoms. The average molecular weight is 287 g/mol. The number of hydrogen-bond acceptors (Lipinski definition) is 2. The summed E-state index contributed by atoms with van der Waals surface area (Å²) in [6, 6.07) is 3.31.